The van der Waals surface area contributed by atoms with Gasteiger partial charge in [0.25, 0.3) is 0 Å². The molecular formula is C18H21Cl2N3O2. The van der Waals surface area contributed by atoms with Crippen LogP contribution in [-0.2, 0) is 11.2 Å². The highest BCUT2D eigenvalue weighted by Gasteiger charge is 2.24. The standard InChI is InChI=1S/C18H21Cl2N3O2/c1-11(18-22-17(23-25-18)13-5-2-3-6-13)21-15(24)10-9-12-7-4-8-14(19)16(12)20/h4,7-8,11,13H,2-3,5-6,9-10H2,1H3,(H,21,24). The second-order valence-corrected chi connectivity index (χ2v) is 7.26. The molecule has 1 amide bonds. The van der Waals surface area contributed by atoms with Crippen LogP contribution in [0.5, 0.6) is 0 Å². The van der Waals surface area contributed by atoms with Gasteiger partial charge in [0.1, 0.15) is 6.04 Å². The second-order valence-electron chi connectivity index (χ2n) is 6.47. The molecule has 1 unspecified atom stereocenters. The van der Waals surface area contributed by atoms with Gasteiger partial charge in [0, 0.05) is 12.3 Å². The van der Waals surface area contributed by atoms with Crippen molar-refractivity contribution in [2.75, 3.05) is 0 Å². The van der Waals surface area contributed by atoms with E-state index in [9.17, 15) is 4.79 Å². The van der Waals surface area contributed by atoms with Crippen LogP contribution < -0.4 is 5.32 Å². The van der Waals surface area contributed by atoms with E-state index in [4.69, 9.17) is 27.7 Å². The molecule has 0 saturated heterocycles. The molecule has 3 rings (SSSR count). The predicted octanol–water partition coefficient (Wildman–Crippen LogP) is 4.84. The second kappa shape index (κ2) is 8.19. The summed E-state index contributed by atoms with van der Waals surface area (Å²) in [5, 5.41) is 7.97. The number of carbonyl (C=O) groups is 1. The van der Waals surface area contributed by atoms with Crippen LogP contribution in [0.2, 0.25) is 10.0 Å². The largest absolute Gasteiger partial charge is 0.345 e. The van der Waals surface area contributed by atoms with Crippen molar-refractivity contribution in [1.82, 2.24) is 15.5 Å². The zero-order valence-corrected chi connectivity index (χ0v) is 15.6. The fraction of sp³-hybridized carbons (Fsp3) is 0.500. The van der Waals surface area contributed by atoms with Crippen LogP contribution in [-0.4, -0.2) is 16.0 Å². The number of hydrogen-bond acceptors (Lipinski definition) is 4. The first-order valence-electron chi connectivity index (χ1n) is 8.60. The minimum atomic E-state index is -0.315. The Morgan fingerprint density at radius 1 is 1.36 bits per heavy atom. The molecule has 0 spiro atoms. The van der Waals surface area contributed by atoms with Gasteiger partial charge in [-0.2, -0.15) is 4.98 Å². The third kappa shape index (κ3) is 4.53. The van der Waals surface area contributed by atoms with Gasteiger partial charge in [-0.3, -0.25) is 4.79 Å². The Morgan fingerprint density at radius 3 is 2.88 bits per heavy atom. The van der Waals surface area contributed by atoms with Crippen LogP contribution in [0.25, 0.3) is 0 Å². The molecule has 7 heteroatoms. The molecule has 2 aromatic rings. The Kier molecular flexibility index (Phi) is 5.97. The first-order chi connectivity index (χ1) is 12.0. The summed E-state index contributed by atoms with van der Waals surface area (Å²) in [6.07, 6.45) is 5.49. The molecular weight excluding hydrogens is 361 g/mol. The zero-order chi connectivity index (χ0) is 17.8. The number of nitrogens with one attached hydrogen (secondary N) is 1. The summed E-state index contributed by atoms with van der Waals surface area (Å²) in [5.74, 6) is 1.52. The van der Waals surface area contributed by atoms with Gasteiger partial charge < -0.3 is 9.84 Å². The predicted molar refractivity (Wildman–Crippen MR) is 96.8 cm³/mol. The Balaban J connectivity index is 1.53. The van der Waals surface area contributed by atoms with Crippen molar-refractivity contribution in [2.24, 2.45) is 0 Å². The number of benzene rings is 1. The van der Waals surface area contributed by atoms with E-state index in [1.807, 2.05) is 19.1 Å². The van der Waals surface area contributed by atoms with Crippen LogP contribution in [0, 0.1) is 0 Å². The van der Waals surface area contributed by atoms with Gasteiger partial charge in [0.05, 0.1) is 10.0 Å². The lowest BCUT2D eigenvalue weighted by Gasteiger charge is -2.10. The molecule has 134 valence electrons. The third-order valence-electron chi connectivity index (χ3n) is 4.58. The van der Waals surface area contributed by atoms with Gasteiger partial charge in [0.15, 0.2) is 5.82 Å². The van der Waals surface area contributed by atoms with Crippen molar-refractivity contribution in [2.45, 2.75) is 57.4 Å². The van der Waals surface area contributed by atoms with Crippen LogP contribution in [0.15, 0.2) is 22.7 Å². The summed E-state index contributed by atoms with van der Waals surface area (Å²) in [4.78, 5) is 16.6. The van der Waals surface area contributed by atoms with E-state index in [1.54, 1.807) is 6.07 Å². The summed E-state index contributed by atoms with van der Waals surface area (Å²) in [5.41, 5.74) is 0.860. The number of rotatable bonds is 6. The summed E-state index contributed by atoms with van der Waals surface area (Å²) in [6.45, 7) is 1.84. The molecule has 0 aliphatic heterocycles. The number of aromatic nitrogens is 2. The van der Waals surface area contributed by atoms with E-state index in [0.29, 0.717) is 34.7 Å². The van der Waals surface area contributed by atoms with Gasteiger partial charge >= 0.3 is 0 Å². The van der Waals surface area contributed by atoms with Crippen LogP contribution >= 0.6 is 23.2 Å². The number of halogens is 2. The summed E-state index contributed by atoms with van der Waals surface area (Å²) < 4.78 is 5.32. The van der Waals surface area contributed by atoms with Crippen molar-refractivity contribution >= 4 is 29.1 Å². The van der Waals surface area contributed by atoms with E-state index in [0.717, 1.165) is 24.2 Å². The maximum absolute atomic E-state index is 12.2. The van der Waals surface area contributed by atoms with Gasteiger partial charge in [-0.15, -0.1) is 0 Å². The van der Waals surface area contributed by atoms with Crippen molar-refractivity contribution in [3.05, 3.63) is 45.5 Å². The highest BCUT2D eigenvalue weighted by atomic mass is 35.5. The lowest BCUT2D eigenvalue weighted by Crippen LogP contribution is -2.27. The minimum Gasteiger partial charge on any atom is -0.345 e. The average Bonchev–Trinajstić information content (AvgIpc) is 3.27. The summed E-state index contributed by atoms with van der Waals surface area (Å²) in [6, 6.07) is 5.11. The highest BCUT2D eigenvalue weighted by molar-refractivity contribution is 6.42. The molecule has 1 atom stereocenters. The van der Waals surface area contributed by atoms with Gasteiger partial charge in [0.2, 0.25) is 11.8 Å². The maximum Gasteiger partial charge on any atom is 0.248 e. The smallest absolute Gasteiger partial charge is 0.248 e. The zero-order valence-electron chi connectivity index (χ0n) is 14.1. The molecule has 1 aromatic carbocycles. The Labute approximate surface area is 157 Å². The fourth-order valence-electron chi connectivity index (χ4n) is 3.14. The molecule has 1 aromatic heterocycles. The molecule has 1 aliphatic carbocycles. The van der Waals surface area contributed by atoms with Gasteiger partial charge in [-0.1, -0.05) is 53.3 Å². The van der Waals surface area contributed by atoms with Crippen molar-refractivity contribution < 1.29 is 9.32 Å². The summed E-state index contributed by atoms with van der Waals surface area (Å²) >= 11 is 12.1. The molecule has 5 nitrogen and oxygen atoms in total. The molecule has 1 heterocycles. The Morgan fingerprint density at radius 2 is 2.12 bits per heavy atom. The molecule has 1 fully saturated rings. The van der Waals surface area contributed by atoms with E-state index in [2.05, 4.69) is 15.5 Å². The van der Waals surface area contributed by atoms with E-state index >= 15 is 0 Å². The van der Waals surface area contributed by atoms with Crippen molar-refractivity contribution in [3.63, 3.8) is 0 Å². The van der Waals surface area contributed by atoms with Gasteiger partial charge in [-0.05, 0) is 37.8 Å². The normalized spacial score (nSPS) is 16.1. The quantitative estimate of drug-likeness (QED) is 0.776. The molecule has 0 radical (unpaired) electrons. The topological polar surface area (TPSA) is 68.0 Å². The number of amides is 1. The minimum absolute atomic E-state index is 0.0934. The first-order valence-corrected chi connectivity index (χ1v) is 9.36. The fourth-order valence-corrected chi connectivity index (χ4v) is 3.55. The monoisotopic (exact) mass is 381 g/mol. The molecule has 1 aliphatic rings. The molecule has 1 N–H and O–H groups in total. The molecule has 0 bridgehead atoms. The van der Waals surface area contributed by atoms with Crippen LogP contribution in [0.4, 0.5) is 0 Å². The third-order valence-corrected chi connectivity index (χ3v) is 5.44. The van der Waals surface area contributed by atoms with Gasteiger partial charge in [-0.25, -0.2) is 0 Å². The Bertz CT molecular complexity index is 742. The van der Waals surface area contributed by atoms with E-state index < -0.39 is 0 Å². The number of carbonyl (C=O) groups excluding carboxylic acids is 1. The average molecular weight is 382 g/mol. The Hall–Kier alpha value is -1.59. The van der Waals surface area contributed by atoms with Crippen LogP contribution in [0.1, 0.15) is 68.3 Å². The number of aryl methyl sites for hydroxylation is 1. The van der Waals surface area contributed by atoms with Crippen molar-refractivity contribution in [1.29, 1.82) is 0 Å². The van der Waals surface area contributed by atoms with E-state index in [-0.39, 0.29) is 11.9 Å². The number of hydrogen-bond donors (Lipinski definition) is 1. The maximum atomic E-state index is 12.2. The lowest BCUT2D eigenvalue weighted by molar-refractivity contribution is -0.121. The molecule has 1 saturated carbocycles. The SMILES string of the molecule is CC(NC(=O)CCc1cccc(Cl)c1Cl)c1nc(C2CCCC2)no1. The van der Waals surface area contributed by atoms with Crippen LogP contribution in [0.3, 0.4) is 0 Å². The van der Waals surface area contributed by atoms with Crippen molar-refractivity contribution in [3.8, 4) is 0 Å². The lowest BCUT2D eigenvalue weighted by atomic mass is 10.1. The molecule has 25 heavy (non-hydrogen) atoms. The highest BCUT2D eigenvalue weighted by Crippen LogP contribution is 2.32. The summed E-state index contributed by atoms with van der Waals surface area (Å²) in [7, 11) is 0. The number of nitrogens with zero attached hydrogens (tertiary/aromatic N) is 2. The van der Waals surface area contributed by atoms with E-state index in [1.165, 1.54) is 12.8 Å². The first kappa shape index (κ1) is 18.2.